The molecule has 0 spiro atoms. The number of aryl methyl sites for hydroxylation is 1. The normalized spacial score (nSPS) is 10.8. The molecule has 0 amide bonds. The molecule has 0 aliphatic carbocycles. The predicted octanol–water partition coefficient (Wildman–Crippen LogP) is 3.97. The molecule has 0 nitrogen and oxygen atoms in total. The van der Waals surface area contributed by atoms with Crippen molar-refractivity contribution in [2.24, 2.45) is 0 Å². The highest BCUT2D eigenvalue weighted by Crippen LogP contribution is 2.15. The van der Waals surface area contributed by atoms with E-state index in [2.05, 4.69) is 51.5 Å². The fourth-order valence-corrected chi connectivity index (χ4v) is 1.38. The van der Waals surface area contributed by atoms with Gasteiger partial charge in [-0.05, 0) is 36.3 Å². The van der Waals surface area contributed by atoms with Crippen LogP contribution in [0.3, 0.4) is 0 Å². The van der Waals surface area contributed by atoms with E-state index in [-0.39, 0.29) is 0 Å². The Bertz CT molecular complexity index is 231. The second kappa shape index (κ2) is 5.06. The number of hydrogen-bond acceptors (Lipinski definition) is 0. The van der Waals surface area contributed by atoms with E-state index in [1.54, 1.807) is 0 Å². The van der Waals surface area contributed by atoms with Crippen LogP contribution in [-0.4, -0.2) is 0 Å². The van der Waals surface area contributed by atoms with Gasteiger partial charge >= 0.3 is 0 Å². The van der Waals surface area contributed by atoms with Crippen LogP contribution in [0, 0.1) is 6.42 Å². The molecule has 0 aromatic heterocycles. The summed E-state index contributed by atoms with van der Waals surface area (Å²) in [5, 5.41) is 0. The molecule has 71 valence electrons. The van der Waals surface area contributed by atoms with E-state index in [9.17, 15) is 0 Å². The largest absolute Gasteiger partial charge is 0.0622 e. The molecular weight excluding hydrogens is 156 g/mol. The van der Waals surface area contributed by atoms with Crippen LogP contribution in [-0.2, 0) is 6.42 Å². The van der Waals surface area contributed by atoms with Crippen molar-refractivity contribution in [3.8, 4) is 0 Å². The summed E-state index contributed by atoms with van der Waals surface area (Å²) in [5.41, 5.74) is 2.88. The standard InChI is InChI=1S/C13H19/c1-4-5-6-12-7-9-13(10-8-12)11(2)3/h4,7-11H,5-6H2,1-3H3. The van der Waals surface area contributed by atoms with Crippen molar-refractivity contribution in [1.82, 2.24) is 0 Å². The maximum atomic E-state index is 2.25. The fourth-order valence-electron chi connectivity index (χ4n) is 1.38. The van der Waals surface area contributed by atoms with Crippen LogP contribution in [0.5, 0.6) is 0 Å². The van der Waals surface area contributed by atoms with E-state index in [1.165, 1.54) is 24.0 Å². The molecule has 0 aliphatic rings. The van der Waals surface area contributed by atoms with Crippen molar-refractivity contribution >= 4 is 0 Å². The molecular formula is C13H19. The smallest absolute Gasteiger partial charge is 0.0219 e. The molecule has 0 fully saturated rings. The fraction of sp³-hybridized carbons (Fsp3) is 0.462. The van der Waals surface area contributed by atoms with Gasteiger partial charge in [0.05, 0.1) is 0 Å². The summed E-state index contributed by atoms with van der Waals surface area (Å²) in [6.45, 7) is 6.58. The summed E-state index contributed by atoms with van der Waals surface area (Å²) in [6, 6.07) is 8.99. The third kappa shape index (κ3) is 3.22. The lowest BCUT2D eigenvalue weighted by atomic mass is 10.00. The van der Waals surface area contributed by atoms with E-state index in [1.807, 2.05) is 0 Å². The van der Waals surface area contributed by atoms with Gasteiger partial charge in [-0.25, -0.2) is 0 Å². The molecule has 1 aromatic carbocycles. The summed E-state index contributed by atoms with van der Waals surface area (Å²) in [7, 11) is 0. The van der Waals surface area contributed by atoms with Crippen LogP contribution in [0.15, 0.2) is 24.3 Å². The zero-order chi connectivity index (χ0) is 9.68. The minimum absolute atomic E-state index is 0.645. The van der Waals surface area contributed by atoms with Crippen molar-refractivity contribution in [2.75, 3.05) is 0 Å². The van der Waals surface area contributed by atoms with E-state index in [4.69, 9.17) is 0 Å². The Kier molecular flexibility index (Phi) is 4.01. The Balaban J connectivity index is 2.59. The highest BCUT2D eigenvalue weighted by molar-refractivity contribution is 5.24. The number of rotatable bonds is 4. The zero-order valence-electron chi connectivity index (χ0n) is 8.88. The summed E-state index contributed by atoms with van der Waals surface area (Å²) in [6.07, 6.45) is 4.58. The van der Waals surface area contributed by atoms with Gasteiger partial charge in [0.15, 0.2) is 0 Å². The first kappa shape index (κ1) is 10.3. The van der Waals surface area contributed by atoms with Gasteiger partial charge in [-0.3, -0.25) is 0 Å². The van der Waals surface area contributed by atoms with Crippen LogP contribution < -0.4 is 0 Å². The quantitative estimate of drug-likeness (QED) is 0.649. The van der Waals surface area contributed by atoms with Crippen molar-refractivity contribution in [3.05, 3.63) is 41.8 Å². The summed E-state index contributed by atoms with van der Waals surface area (Å²) < 4.78 is 0. The third-order valence-corrected chi connectivity index (χ3v) is 2.37. The number of unbranched alkanes of at least 4 members (excludes halogenated alkanes) is 1. The van der Waals surface area contributed by atoms with Gasteiger partial charge in [0.1, 0.15) is 0 Å². The first-order valence-electron chi connectivity index (χ1n) is 5.10. The van der Waals surface area contributed by atoms with Crippen molar-refractivity contribution < 1.29 is 0 Å². The number of hydrogen-bond donors (Lipinski definition) is 0. The Labute approximate surface area is 82.0 Å². The first-order valence-corrected chi connectivity index (χ1v) is 5.10. The summed E-state index contributed by atoms with van der Waals surface area (Å²) in [5.74, 6) is 0.645. The van der Waals surface area contributed by atoms with E-state index in [0.29, 0.717) is 5.92 Å². The van der Waals surface area contributed by atoms with Gasteiger partial charge in [-0.1, -0.05) is 45.0 Å². The Morgan fingerprint density at radius 3 is 2.23 bits per heavy atom. The molecule has 0 bridgehead atoms. The van der Waals surface area contributed by atoms with Crippen molar-refractivity contribution in [3.63, 3.8) is 0 Å². The molecule has 13 heavy (non-hydrogen) atoms. The zero-order valence-corrected chi connectivity index (χ0v) is 8.88. The lowest BCUT2D eigenvalue weighted by Gasteiger charge is -2.06. The second-order valence-electron chi connectivity index (χ2n) is 3.84. The summed E-state index contributed by atoms with van der Waals surface area (Å²) in [4.78, 5) is 0. The first-order chi connectivity index (χ1) is 6.24. The highest BCUT2D eigenvalue weighted by Gasteiger charge is 1.98. The minimum Gasteiger partial charge on any atom is -0.0622 e. The van der Waals surface area contributed by atoms with Gasteiger partial charge in [-0.15, -0.1) is 0 Å². The Hall–Kier alpha value is -0.780. The van der Waals surface area contributed by atoms with Gasteiger partial charge in [0.2, 0.25) is 0 Å². The Morgan fingerprint density at radius 1 is 1.15 bits per heavy atom. The maximum Gasteiger partial charge on any atom is -0.0219 e. The molecule has 0 heteroatoms. The minimum atomic E-state index is 0.645. The van der Waals surface area contributed by atoms with E-state index >= 15 is 0 Å². The molecule has 1 radical (unpaired) electrons. The maximum absolute atomic E-state index is 2.25. The van der Waals surface area contributed by atoms with E-state index < -0.39 is 0 Å². The van der Waals surface area contributed by atoms with Crippen molar-refractivity contribution in [1.29, 1.82) is 0 Å². The SMILES string of the molecule is C[CH]CCc1ccc(C(C)C)cc1. The molecule has 0 heterocycles. The molecule has 0 saturated heterocycles. The van der Waals surface area contributed by atoms with Gasteiger partial charge in [0, 0.05) is 0 Å². The van der Waals surface area contributed by atoms with Crippen LogP contribution in [0.2, 0.25) is 0 Å². The summed E-state index contributed by atoms with van der Waals surface area (Å²) >= 11 is 0. The average Bonchev–Trinajstić information content (AvgIpc) is 2.15. The van der Waals surface area contributed by atoms with Crippen LogP contribution in [0.1, 0.15) is 44.2 Å². The molecule has 0 unspecified atom stereocenters. The molecule has 0 aliphatic heterocycles. The molecule has 1 rings (SSSR count). The molecule has 0 saturated carbocycles. The van der Waals surface area contributed by atoms with Gasteiger partial charge < -0.3 is 0 Å². The van der Waals surface area contributed by atoms with Crippen LogP contribution >= 0.6 is 0 Å². The number of benzene rings is 1. The molecule has 0 atom stereocenters. The Morgan fingerprint density at radius 2 is 1.77 bits per heavy atom. The third-order valence-electron chi connectivity index (χ3n) is 2.37. The molecule has 0 N–H and O–H groups in total. The van der Waals surface area contributed by atoms with Gasteiger partial charge in [-0.2, -0.15) is 0 Å². The van der Waals surface area contributed by atoms with Crippen LogP contribution in [0.25, 0.3) is 0 Å². The molecule has 1 aromatic rings. The monoisotopic (exact) mass is 175 g/mol. The van der Waals surface area contributed by atoms with Gasteiger partial charge in [0.25, 0.3) is 0 Å². The lowest BCUT2D eigenvalue weighted by Crippen LogP contribution is -1.89. The average molecular weight is 175 g/mol. The topological polar surface area (TPSA) is 0 Å². The van der Waals surface area contributed by atoms with Crippen LogP contribution in [0.4, 0.5) is 0 Å². The van der Waals surface area contributed by atoms with E-state index in [0.717, 1.165) is 0 Å². The second-order valence-corrected chi connectivity index (χ2v) is 3.84. The predicted molar refractivity (Wildman–Crippen MR) is 58.8 cm³/mol. The lowest BCUT2D eigenvalue weighted by molar-refractivity contribution is 0.862. The highest BCUT2D eigenvalue weighted by atomic mass is 14.0. The van der Waals surface area contributed by atoms with Crippen molar-refractivity contribution in [2.45, 2.75) is 39.5 Å².